The highest BCUT2D eigenvalue weighted by atomic mass is 16.5. The zero-order valence-corrected chi connectivity index (χ0v) is 25.0. The number of methoxy groups -OCH3 is 5. The van der Waals surface area contributed by atoms with Crippen LogP contribution in [0.3, 0.4) is 0 Å². The third kappa shape index (κ3) is 5.06. The van der Waals surface area contributed by atoms with Crippen molar-refractivity contribution in [3.63, 3.8) is 0 Å². The Kier molecular flexibility index (Phi) is 7.55. The Morgan fingerprint density at radius 3 is 1.82 bits per heavy atom. The fourth-order valence-corrected chi connectivity index (χ4v) is 5.31. The predicted molar refractivity (Wildman–Crippen MR) is 169 cm³/mol. The van der Waals surface area contributed by atoms with Crippen LogP contribution in [0.1, 0.15) is 0 Å². The Balaban J connectivity index is 1.64. The number of phenols is 1. The Morgan fingerprint density at radius 2 is 1.18 bits per heavy atom. The number of phenolic OH excluding ortho intramolecular Hbond substituents is 1. The smallest absolute Gasteiger partial charge is 0.197 e. The lowest BCUT2D eigenvalue weighted by Gasteiger charge is -2.18. The van der Waals surface area contributed by atoms with Crippen LogP contribution in [0, 0.1) is 0 Å². The van der Waals surface area contributed by atoms with Crippen LogP contribution in [0.4, 0.5) is 0 Å². The Bertz CT molecular complexity index is 2190. The summed E-state index contributed by atoms with van der Waals surface area (Å²) in [4.78, 5) is 26.7. The van der Waals surface area contributed by atoms with Crippen LogP contribution >= 0.6 is 0 Å². The number of hydrogen-bond donors (Lipinski definition) is 1. The van der Waals surface area contributed by atoms with E-state index >= 15 is 0 Å². The first kappa shape index (κ1) is 29.2. The van der Waals surface area contributed by atoms with E-state index in [4.69, 9.17) is 32.5 Å². The quantitative estimate of drug-likeness (QED) is 0.201. The summed E-state index contributed by atoms with van der Waals surface area (Å²) in [7, 11) is 7.49. The van der Waals surface area contributed by atoms with Crippen molar-refractivity contribution in [2.75, 3.05) is 35.5 Å². The van der Waals surface area contributed by atoms with Crippen molar-refractivity contribution in [3.05, 3.63) is 93.2 Å². The van der Waals surface area contributed by atoms with Crippen molar-refractivity contribution in [1.29, 1.82) is 0 Å². The molecule has 10 heteroatoms. The molecule has 2 heterocycles. The molecule has 1 N–H and O–H groups in total. The second-order valence-corrected chi connectivity index (χ2v) is 9.97. The summed E-state index contributed by atoms with van der Waals surface area (Å²) in [5, 5.41) is 10.7. The van der Waals surface area contributed by atoms with Gasteiger partial charge in [0.1, 0.15) is 62.4 Å². The van der Waals surface area contributed by atoms with Crippen molar-refractivity contribution in [3.8, 4) is 68.3 Å². The van der Waals surface area contributed by atoms with Gasteiger partial charge in [0.15, 0.2) is 16.4 Å². The molecule has 0 fully saturated rings. The molecule has 0 radical (unpaired) electrons. The van der Waals surface area contributed by atoms with E-state index in [1.807, 2.05) is 0 Å². The molecule has 10 nitrogen and oxygen atoms in total. The summed E-state index contributed by atoms with van der Waals surface area (Å²) < 4.78 is 40.2. The standard InChI is InChI=1S/C35H28O10/c1-39-20-9-6-18(7-10-20)27-16-25(38)34-30(43-5)17-29(42-4)32(35(34)45-27)22-12-19(8-11-26(22)41-3)28-15-24(37)33-23(36)13-21(40-2)14-31(33)44-28/h6-17,36H,1-5H3. The monoisotopic (exact) mass is 608 g/mol. The fourth-order valence-electron chi connectivity index (χ4n) is 5.31. The summed E-state index contributed by atoms with van der Waals surface area (Å²) in [5.41, 5.74) is 1.65. The van der Waals surface area contributed by atoms with E-state index in [0.29, 0.717) is 51.0 Å². The zero-order chi connectivity index (χ0) is 31.8. The first-order valence-electron chi connectivity index (χ1n) is 13.7. The van der Waals surface area contributed by atoms with Gasteiger partial charge in [0.2, 0.25) is 0 Å². The second kappa shape index (κ2) is 11.6. The van der Waals surface area contributed by atoms with Crippen LogP contribution in [0.15, 0.2) is 91.2 Å². The average Bonchev–Trinajstić information content (AvgIpc) is 3.06. The summed E-state index contributed by atoms with van der Waals surface area (Å²) in [6.45, 7) is 0. The van der Waals surface area contributed by atoms with Crippen molar-refractivity contribution in [1.82, 2.24) is 0 Å². The SMILES string of the molecule is COc1ccc(-c2cc(=O)c3c(OC)cc(OC)c(-c4cc(-c5cc(=O)c6c(O)cc(OC)cc6o5)ccc4OC)c3o2)cc1. The Hall–Kier alpha value is -5.90. The van der Waals surface area contributed by atoms with Gasteiger partial charge in [-0.1, -0.05) is 0 Å². The maximum Gasteiger partial charge on any atom is 0.197 e. The van der Waals surface area contributed by atoms with Crippen molar-refractivity contribution >= 4 is 21.9 Å². The van der Waals surface area contributed by atoms with E-state index in [1.165, 1.54) is 52.7 Å². The molecule has 6 aromatic rings. The lowest BCUT2D eigenvalue weighted by molar-refractivity contribution is 0.396. The lowest BCUT2D eigenvalue weighted by atomic mass is 9.96. The largest absolute Gasteiger partial charge is 0.507 e. The van der Waals surface area contributed by atoms with Gasteiger partial charge in [-0.3, -0.25) is 9.59 Å². The first-order chi connectivity index (χ1) is 21.8. The van der Waals surface area contributed by atoms with Gasteiger partial charge >= 0.3 is 0 Å². The fraction of sp³-hybridized carbons (Fsp3) is 0.143. The van der Waals surface area contributed by atoms with Gasteiger partial charge in [-0.25, -0.2) is 0 Å². The molecule has 0 unspecified atom stereocenters. The van der Waals surface area contributed by atoms with E-state index in [2.05, 4.69) is 0 Å². The summed E-state index contributed by atoms with van der Waals surface area (Å²) in [6.07, 6.45) is 0. The highest BCUT2D eigenvalue weighted by molar-refractivity contribution is 6.01. The highest BCUT2D eigenvalue weighted by Gasteiger charge is 2.24. The molecule has 0 bridgehead atoms. The number of ether oxygens (including phenoxy) is 5. The molecular formula is C35H28O10. The maximum atomic E-state index is 13.6. The first-order valence-corrected chi connectivity index (χ1v) is 13.7. The van der Waals surface area contributed by atoms with Crippen LogP contribution in [0.25, 0.3) is 55.7 Å². The van der Waals surface area contributed by atoms with Gasteiger partial charge in [0.05, 0.1) is 41.1 Å². The van der Waals surface area contributed by atoms with Crippen LogP contribution in [0.2, 0.25) is 0 Å². The van der Waals surface area contributed by atoms with Crippen molar-refractivity contribution < 1.29 is 37.6 Å². The molecule has 0 amide bonds. The minimum atomic E-state index is -0.439. The van der Waals surface area contributed by atoms with Crippen LogP contribution in [-0.4, -0.2) is 40.7 Å². The summed E-state index contributed by atoms with van der Waals surface area (Å²) in [6, 6.07) is 19.5. The number of aromatic hydroxyl groups is 1. The average molecular weight is 609 g/mol. The molecule has 0 aliphatic heterocycles. The van der Waals surface area contributed by atoms with Gasteiger partial charge in [0.25, 0.3) is 0 Å². The van der Waals surface area contributed by atoms with E-state index < -0.39 is 5.43 Å². The summed E-state index contributed by atoms with van der Waals surface area (Å²) in [5.74, 6) is 2.32. The molecular weight excluding hydrogens is 580 g/mol. The molecule has 0 aliphatic rings. The third-order valence-corrected chi connectivity index (χ3v) is 7.52. The van der Waals surface area contributed by atoms with Gasteiger partial charge in [-0.15, -0.1) is 0 Å². The number of hydrogen-bond acceptors (Lipinski definition) is 10. The molecule has 4 aromatic carbocycles. The molecule has 228 valence electrons. The summed E-state index contributed by atoms with van der Waals surface area (Å²) >= 11 is 0. The minimum Gasteiger partial charge on any atom is -0.507 e. The van der Waals surface area contributed by atoms with Crippen LogP contribution in [0.5, 0.6) is 34.5 Å². The van der Waals surface area contributed by atoms with E-state index in [-0.39, 0.29) is 44.6 Å². The number of rotatable bonds is 8. The predicted octanol–water partition coefficient (Wildman–Crippen LogP) is 6.65. The van der Waals surface area contributed by atoms with Gasteiger partial charge in [-0.05, 0) is 42.5 Å². The van der Waals surface area contributed by atoms with Gasteiger partial charge < -0.3 is 37.6 Å². The Labute approximate surface area is 256 Å². The minimum absolute atomic E-state index is 0.0314. The van der Waals surface area contributed by atoms with Crippen molar-refractivity contribution in [2.45, 2.75) is 0 Å². The highest BCUT2D eigenvalue weighted by Crippen LogP contribution is 2.46. The molecule has 0 atom stereocenters. The molecule has 0 aliphatic carbocycles. The zero-order valence-electron chi connectivity index (χ0n) is 25.0. The maximum absolute atomic E-state index is 13.6. The lowest BCUT2D eigenvalue weighted by Crippen LogP contribution is -2.05. The van der Waals surface area contributed by atoms with Crippen LogP contribution < -0.4 is 34.5 Å². The van der Waals surface area contributed by atoms with E-state index in [1.54, 1.807) is 55.6 Å². The molecule has 0 spiro atoms. The third-order valence-electron chi connectivity index (χ3n) is 7.52. The Morgan fingerprint density at radius 1 is 0.556 bits per heavy atom. The molecule has 0 saturated heterocycles. The number of fused-ring (bicyclic) bond motifs is 2. The molecule has 0 saturated carbocycles. The van der Waals surface area contributed by atoms with Gasteiger partial charge in [-0.2, -0.15) is 0 Å². The van der Waals surface area contributed by atoms with E-state index in [9.17, 15) is 14.7 Å². The van der Waals surface area contributed by atoms with E-state index in [0.717, 1.165) is 0 Å². The molecule has 45 heavy (non-hydrogen) atoms. The van der Waals surface area contributed by atoms with Gasteiger partial charge in [0, 0.05) is 47.0 Å². The molecule has 6 rings (SSSR count). The molecule has 2 aromatic heterocycles. The topological polar surface area (TPSA) is 127 Å². The van der Waals surface area contributed by atoms with Crippen LogP contribution in [-0.2, 0) is 0 Å². The second-order valence-electron chi connectivity index (χ2n) is 9.97. The normalized spacial score (nSPS) is 11.0. The van der Waals surface area contributed by atoms with Crippen molar-refractivity contribution in [2.24, 2.45) is 0 Å². The number of benzene rings is 4.